The van der Waals surface area contributed by atoms with Gasteiger partial charge in [-0.05, 0) is 41.9 Å². The first kappa shape index (κ1) is 14.9. The minimum Gasteiger partial charge on any atom is -0.440 e. The summed E-state index contributed by atoms with van der Waals surface area (Å²) in [5.74, 6) is -0.583. The van der Waals surface area contributed by atoms with E-state index in [1.165, 1.54) is 30.3 Å². The minimum absolute atomic E-state index is 0.00387. The summed E-state index contributed by atoms with van der Waals surface area (Å²) in [6.07, 6.45) is 1.06. The van der Waals surface area contributed by atoms with Crippen LogP contribution in [0.2, 0.25) is 10.2 Å². The maximum Gasteiger partial charge on any atom is 0.291 e. The Bertz CT molecular complexity index is 768. The number of nitrogens with one attached hydrogen (secondary N) is 1. The zero-order valence-corrected chi connectivity index (χ0v) is 12.5. The third-order valence-corrected chi connectivity index (χ3v) is 4.05. The summed E-state index contributed by atoms with van der Waals surface area (Å²) < 4.78 is 27.9. The molecule has 8 heteroatoms. The Hall–Kier alpha value is -1.50. The van der Waals surface area contributed by atoms with Crippen molar-refractivity contribution in [3.8, 4) is 0 Å². The molecule has 0 aliphatic rings. The molecule has 0 spiro atoms. The van der Waals surface area contributed by atoms with Gasteiger partial charge in [0.15, 0.2) is 20.8 Å². The summed E-state index contributed by atoms with van der Waals surface area (Å²) in [4.78, 5) is 11.9. The fraction of sp³-hybridized carbons (Fsp3) is 0.0833. The Morgan fingerprint density at radius 3 is 2.45 bits per heavy atom. The van der Waals surface area contributed by atoms with Gasteiger partial charge >= 0.3 is 0 Å². The van der Waals surface area contributed by atoms with Gasteiger partial charge in [-0.25, -0.2) is 8.42 Å². The molecule has 1 heterocycles. The van der Waals surface area contributed by atoms with Gasteiger partial charge in [0.05, 0.1) is 15.6 Å². The largest absolute Gasteiger partial charge is 0.440 e. The number of rotatable bonds is 3. The number of sulfone groups is 1. The van der Waals surface area contributed by atoms with Crippen LogP contribution in [-0.4, -0.2) is 20.6 Å². The second kappa shape index (κ2) is 5.47. The SMILES string of the molecule is CS(=O)(=O)c1ccc(Cl)c(NC(=O)c2ccc(Cl)o2)c1. The predicted molar refractivity (Wildman–Crippen MR) is 76.2 cm³/mol. The third kappa shape index (κ3) is 3.33. The average molecular weight is 334 g/mol. The van der Waals surface area contributed by atoms with Crippen LogP contribution < -0.4 is 5.32 Å². The smallest absolute Gasteiger partial charge is 0.291 e. The van der Waals surface area contributed by atoms with E-state index in [1.807, 2.05) is 0 Å². The number of hydrogen-bond donors (Lipinski definition) is 1. The van der Waals surface area contributed by atoms with E-state index in [2.05, 4.69) is 5.32 Å². The highest BCUT2D eigenvalue weighted by atomic mass is 35.5. The number of amides is 1. The van der Waals surface area contributed by atoms with E-state index in [4.69, 9.17) is 27.6 Å². The molecule has 0 aliphatic heterocycles. The molecule has 1 amide bonds. The summed E-state index contributed by atoms with van der Waals surface area (Å²) in [5.41, 5.74) is 0.173. The highest BCUT2D eigenvalue weighted by Crippen LogP contribution is 2.26. The van der Waals surface area contributed by atoms with E-state index in [0.29, 0.717) is 0 Å². The van der Waals surface area contributed by atoms with Crippen LogP contribution in [0.15, 0.2) is 39.6 Å². The van der Waals surface area contributed by atoms with Crippen LogP contribution in [0.5, 0.6) is 0 Å². The molecular weight excluding hydrogens is 325 g/mol. The first-order valence-electron chi connectivity index (χ1n) is 5.33. The van der Waals surface area contributed by atoms with Gasteiger partial charge in [-0.2, -0.15) is 0 Å². The highest BCUT2D eigenvalue weighted by Gasteiger charge is 2.15. The van der Waals surface area contributed by atoms with Crippen LogP contribution in [-0.2, 0) is 9.84 Å². The zero-order valence-electron chi connectivity index (χ0n) is 10.2. The van der Waals surface area contributed by atoms with Crippen LogP contribution in [0.25, 0.3) is 0 Å². The minimum atomic E-state index is -3.39. The maximum atomic E-state index is 11.9. The lowest BCUT2D eigenvalue weighted by molar-refractivity contribution is 0.0996. The van der Waals surface area contributed by atoms with Crippen molar-refractivity contribution in [1.82, 2.24) is 0 Å². The van der Waals surface area contributed by atoms with Crippen molar-refractivity contribution >= 4 is 44.6 Å². The van der Waals surface area contributed by atoms with Crippen molar-refractivity contribution in [2.45, 2.75) is 4.90 Å². The molecule has 0 unspecified atom stereocenters. The molecule has 20 heavy (non-hydrogen) atoms. The van der Waals surface area contributed by atoms with Gasteiger partial charge in [-0.15, -0.1) is 0 Å². The van der Waals surface area contributed by atoms with Gasteiger partial charge in [-0.1, -0.05) is 11.6 Å². The number of benzene rings is 1. The van der Waals surface area contributed by atoms with Crippen molar-refractivity contribution in [3.05, 3.63) is 46.3 Å². The van der Waals surface area contributed by atoms with E-state index in [-0.39, 0.29) is 26.6 Å². The summed E-state index contributed by atoms with van der Waals surface area (Å²) >= 11 is 11.5. The first-order valence-corrected chi connectivity index (χ1v) is 7.98. The molecule has 0 aliphatic carbocycles. The Morgan fingerprint density at radius 1 is 1.20 bits per heavy atom. The third-order valence-electron chi connectivity index (χ3n) is 2.41. The van der Waals surface area contributed by atoms with E-state index in [1.54, 1.807) is 0 Å². The fourth-order valence-electron chi connectivity index (χ4n) is 1.45. The molecule has 2 aromatic rings. The molecule has 2 rings (SSSR count). The summed E-state index contributed by atoms with van der Waals surface area (Å²) in [7, 11) is -3.39. The number of carbonyl (C=O) groups excluding carboxylic acids is 1. The molecule has 1 aromatic heterocycles. The van der Waals surface area contributed by atoms with Gasteiger partial charge < -0.3 is 9.73 Å². The van der Waals surface area contributed by atoms with E-state index < -0.39 is 15.7 Å². The lowest BCUT2D eigenvalue weighted by Crippen LogP contribution is -2.11. The van der Waals surface area contributed by atoms with Gasteiger partial charge in [-0.3, -0.25) is 4.79 Å². The molecule has 1 N–H and O–H groups in total. The number of halogens is 2. The van der Waals surface area contributed by atoms with E-state index in [9.17, 15) is 13.2 Å². The van der Waals surface area contributed by atoms with Gasteiger partial charge in [0.2, 0.25) is 0 Å². The molecule has 0 saturated carbocycles. The Kier molecular flexibility index (Phi) is 4.08. The fourth-order valence-corrected chi connectivity index (χ4v) is 2.41. The quantitative estimate of drug-likeness (QED) is 0.935. The second-order valence-electron chi connectivity index (χ2n) is 3.97. The molecule has 0 atom stereocenters. The van der Waals surface area contributed by atoms with Crippen molar-refractivity contribution in [1.29, 1.82) is 0 Å². The number of hydrogen-bond acceptors (Lipinski definition) is 4. The van der Waals surface area contributed by atoms with Crippen molar-refractivity contribution in [3.63, 3.8) is 0 Å². The normalized spacial score (nSPS) is 11.3. The number of anilines is 1. The van der Waals surface area contributed by atoms with Crippen LogP contribution in [0.4, 0.5) is 5.69 Å². The summed E-state index contributed by atoms with van der Waals surface area (Å²) in [6.45, 7) is 0. The topological polar surface area (TPSA) is 76.4 Å². The second-order valence-corrected chi connectivity index (χ2v) is 6.77. The van der Waals surface area contributed by atoms with Gasteiger partial charge in [0.25, 0.3) is 5.91 Å². The van der Waals surface area contributed by atoms with Gasteiger partial charge in [0, 0.05) is 6.26 Å². The lowest BCUT2D eigenvalue weighted by atomic mass is 10.3. The maximum absolute atomic E-state index is 11.9. The van der Waals surface area contributed by atoms with Crippen LogP contribution >= 0.6 is 23.2 Å². The molecule has 0 bridgehead atoms. The monoisotopic (exact) mass is 333 g/mol. The molecular formula is C12H9Cl2NO4S. The molecule has 0 radical (unpaired) electrons. The van der Waals surface area contributed by atoms with Gasteiger partial charge in [0.1, 0.15) is 0 Å². The van der Waals surface area contributed by atoms with Crippen LogP contribution in [0, 0.1) is 0 Å². The lowest BCUT2D eigenvalue weighted by Gasteiger charge is -2.07. The zero-order chi connectivity index (χ0) is 14.9. The summed E-state index contributed by atoms with van der Waals surface area (Å²) in [5, 5.41) is 2.75. The average Bonchev–Trinajstić information content (AvgIpc) is 2.77. The Morgan fingerprint density at radius 2 is 1.90 bits per heavy atom. The predicted octanol–water partition coefficient (Wildman–Crippen LogP) is 3.24. The standard InChI is InChI=1S/C12H9Cl2NO4S/c1-20(17,18)7-2-3-8(13)9(6-7)15-12(16)10-4-5-11(14)19-10/h2-6H,1H3,(H,15,16). The van der Waals surface area contributed by atoms with Crippen molar-refractivity contribution in [2.24, 2.45) is 0 Å². The van der Waals surface area contributed by atoms with E-state index in [0.717, 1.165) is 6.26 Å². The van der Waals surface area contributed by atoms with Crippen molar-refractivity contribution in [2.75, 3.05) is 11.6 Å². The first-order chi connectivity index (χ1) is 9.27. The van der Waals surface area contributed by atoms with Crippen molar-refractivity contribution < 1.29 is 17.6 Å². The molecule has 0 saturated heterocycles. The highest BCUT2D eigenvalue weighted by molar-refractivity contribution is 7.90. The van der Waals surface area contributed by atoms with Crippen LogP contribution in [0.3, 0.4) is 0 Å². The Labute approximate surface area is 125 Å². The molecule has 1 aromatic carbocycles. The summed E-state index contributed by atoms with van der Waals surface area (Å²) in [6, 6.07) is 6.84. The molecule has 106 valence electrons. The molecule has 5 nitrogen and oxygen atoms in total. The van der Waals surface area contributed by atoms with Crippen LogP contribution in [0.1, 0.15) is 10.6 Å². The van der Waals surface area contributed by atoms with E-state index >= 15 is 0 Å². The number of furan rings is 1. The Balaban J connectivity index is 2.31. The molecule has 0 fully saturated rings. The number of carbonyl (C=O) groups is 1.